The highest BCUT2D eigenvalue weighted by Crippen LogP contribution is 2.35. The van der Waals surface area contributed by atoms with Crippen molar-refractivity contribution in [2.45, 2.75) is 39.9 Å². The van der Waals surface area contributed by atoms with Crippen LogP contribution < -0.4 is 5.56 Å². The molecule has 0 spiro atoms. The van der Waals surface area contributed by atoms with Crippen LogP contribution in [-0.4, -0.2) is 29.1 Å². The molecule has 0 fully saturated rings. The lowest BCUT2D eigenvalue weighted by Gasteiger charge is -2.27. The van der Waals surface area contributed by atoms with Crippen molar-refractivity contribution in [3.05, 3.63) is 86.9 Å². The van der Waals surface area contributed by atoms with Crippen LogP contribution >= 0.6 is 0 Å². The molecule has 1 unspecified atom stereocenters. The summed E-state index contributed by atoms with van der Waals surface area (Å²) in [6, 6.07) is 11.5. The number of halogens is 3. The van der Waals surface area contributed by atoms with E-state index < -0.39 is 22.9 Å². The highest BCUT2D eigenvalue weighted by Gasteiger charge is 2.37. The topological polar surface area (TPSA) is 49.0 Å². The van der Waals surface area contributed by atoms with E-state index in [0.29, 0.717) is 12.0 Å². The standard InChI is InChI=1S/C26H28F3N3O/c1-4-31(5-2)17-21-13-20(12-11-18(21)3)24-14-23(26(27,28)29)22(15-30)25(33)32(24)16-19-9-7-6-8-10-19/h6-10,12-14,18H,4-5,11,16-17H2,1-3H3. The van der Waals surface area contributed by atoms with Gasteiger partial charge in [0.2, 0.25) is 0 Å². The summed E-state index contributed by atoms with van der Waals surface area (Å²) >= 11 is 0. The highest BCUT2D eigenvalue weighted by atomic mass is 19.4. The summed E-state index contributed by atoms with van der Waals surface area (Å²) in [5, 5.41) is 9.39. The number of hydrogen-bond donors (Lipinski definition) is 0. The smallest absolute Gasteiger partial charge is 0.303 e. The van der Waals surface area contributed by atoms with Gasteiger partial charge in [-0.15, -0.1) is 0 Å². The molecule has 0 amide bonds. The molecular weight excluding hydrogens is 427 g/mol. The fourth-order valence-electron chi connectivity index (χ4n) is 4.08. The lowest BCUT2D eigenvalue weighted by Crippen LogP contribution is -2.30. The second-order valence-electron chi connectivity index (χ2n) is 8.28. The number of allylic oxidation sites excluding steroid dienone is 3. The molecule has 1 atom stereocenters. The number of aromatic nitrogens is 1. The van der Waals surface area contributed by atoms with Crippen molar-refractivity contribution >= 4 is 5.57 Å². The zero-order chi connectivity index (χ0) is 24.2. The first-order valence-corrected chi connectivity index (χ1v) is 11.1. The molecule has 174 valence electrons. The van der Waals surface area contributed by atoms with Gasteiger partial charge in [-0.05, 0) is 42.6 Å². The van der Waals surface area contributed by atoms with Gasteiger partial charge in [-0.25, -0.2) is 0 Å². The summed E-state index contributed by atoms with van der Waals surface area (Å²) in [5.74, 6) is 0.254. The van der Waals surface area contributed by atoms with Crippen molar-refractivity contribution in [3.63, 3.8) is 0 Å². The second kappa shape index (κ2) is 10.2. The van der Waals surface area contributed by atoms with Gasteiger partial charge in [0.25, 0.3) is 5.56 Å². The van der Waals surface area contributed by atoms with E-state index in [1.165, 1.54) is 10.6 Å². The van der Waals surface area contributed by atoms with Gasteiger partial charge < -0.3 is 4.57 Å². The molecule has 0 N–H and O–H groups in total. The summed E-state index contributed by atoms with van der Waals surface area (Å²) in [5.41, 5.74) is -0.344. The summed E-state index contributed by atoms with van der Waals surface area (Å²) < 4.78 is 42.6. The van der Waals surface area contributed by atoms with Gasteiger partial charge >= 0.3 is 6.18 Å². The molecule has 0 saturated carbocycles. The number of alkyl halides is 3. The quantitative estimate of drug-likeness (QED) is 0.556. The number of benzene rings is 1. The molecule has 0 saturated heterocycles. The first kappa shape index (κ1) is 24.5. The van der Waals surface area contributed by atoms with Crippen molar-refractivity contribution in [1.29, 1.82) is 5.26 Å². The maximum Gasteiger partial charge on any atom is 0.417 e. The molecule has 4 nitrogen and oxygen atoms in total. The van der Waals surface area contributed by atoms with E-state index in [1.54, 1.807) is 24.3 Å². The molecule has 33 heavy (non-hydrogen) atoms. The maximum atomic E-state index is 13.8. The average molecular weight is 456 g/mol. The van der Waals surface area contributed by atoms with Crippen LogP contribution in [0.2, 0.25) is 0 Å². The Kier molecular flexibility index (Phi) is 7.60. The van der Waals surface area contributed by atoms with E-state index in [0.717, 1.165) is 36.8 Å². The molecule has 7 heteroatoms. The Hall–Kier alpha value is -3.11. The van der Waals surface area contributed by atoms with E-state index in [4.69, 9.17) is 0 Å². The lowest BCUT2D eigenvalue weighted by molar-refractivity contribution is -0.138. The van der Waals surface area contributed by atoms with Crippen molar-refractivity contribution < 1.29 is 13.2 Å². The first-order valence-electron chi connectivity index (χ1n) is 11.1. The predicted octanol–water partition coefficient (Wildman–Crippen LogP) is 5.48. The Labute approximate surface area is 192 Å². The van der Waals surface area contributed by atoms with Crippen LogP contribution in [-0.2, 0) is 12.7 Å². The van der Waals surface area contributed by atoms with Crippen molar-refractivity contribution in [3.8, 4) is 6.07 Å². The number of rotatable bonds is 7. The molecule has 1 aliphatic carbocycles. The van der Waals surface area contributed by atoms with E-state index >= 15 is 0 Å². The molecule has 0 bridgehead atoms. The fourth-order valence-corrected chi connectivity index (χ4v) is 4.08. The minimum atomic E-state index is -4.80. The highest BCUT2D eigenvalue weighted by molar-refractivity contribution is 5.75. The van der Waals surface area contributed by atoms with Gasteiger partial charge in [0.05, 0.1) is 17.8 Å². The van der Waals surface area contributed by atoms with Gasteiger partial charge in [0.1, 0.15) is 11.6 Å². The van der Waals surface area contributed by atoms with E-state index in [9.17, 15) is 23.2 Å². The van der Waals surface area contributed by atoms with Crippen molar-refractivity contribution in [2.75, 3.05) is 19.6 Å². The number of pyridine rings is 1. The van der Waals surface area contributed by atoms with Gasteiger partial charge in [-0.3, -0.25) is 9.69 Å². The van der Waals surface area contributed by atoms with Gasteiger partial charge in [0.15, 0.2) is 0 Å². The molecule has 1 aromatic carbocycles. The van der Waals surface area contributed by atoms with Crippen LogP contribution in [0.5, 0.6) is 0 Å². The number of nitrogens with zero attached hydrogens (tertiary/aromatic N) is 3. The van der Waals surface area contributed by atoms with Gasteiger partial charge in [0, 0.05) is 6.54 Å². The third-order valence-electron chi connectivity index (χ3n) is 6.16. The summed E-state index contributed by atoms with van der Waals surface area (Å²) in [4.78, 5) is 15.4. The van der Waals surface area contributed by atoms with E-state index in [1.807, 2.05) is 18.2 Å². The van der Waals surface area contributed by atoms with Crippen molar-refractivity contribution in [2.24, 2.45) is 5.92 Å². The molecule has 1 heterocycles. The average Bonchev–Trinajstić information content (AvgIpc) is 2.79. The van der Waals surface area contributed by atoms with Gasteiger partial charge in [-0.2, -0.15) is 18.4 Å². The Morgan fingerprint density at radius 3 is 2.42 bits per heavy atom. The molecular formula is C26H28F3N3O. The predicted molar refractivity (Wildman–Crippen MR) is 124 cm³/mol. The molecule has 0 aliphatic heterocycles. The summed E-state index contributed by atoms with van der Waals surface area (Å²) in [6.07, 6.45) is -0.335. The molecule has 1 aliphatic rings. The van der Waals surface area contributed by atoms with E-state index in [2.05, 4.69) is 25.7 Å². The Morgan fingerprint density at radius 1 is 1.18 bits per heavy atom. The normalized spacial score (nSPS) is 16.4. The minimum Gasteiger partial charge on any atom is -0.303 e. The maximum absolute atomic E-state index is 13.8. The third kappa shape index (κ3) is 5.45. The van der Waals surface area contributed by atoms with E-state index in [-0.39, 0.29) is 18.2 Å². The second-order valence-corrected chi connectivity index (χ2v) is 8.28. The molecule has 1 aromatic heterocycles. The van der Waals surface area contributed by atoms with Crippen LogP contribution in [0.1, 0.15) is 49.6 Å². The number of likely N-dealkylation sites (N-methyl/N-ethyl adjacent to an activating group) is 1. The number of nitriles is 1. The SMILES string of the molecule is CCN(CC)CC1=CC(c2cc(C(F)(F)F)c(C#N)c(=O)n2Cc2ccccc2)=CCC1C. The van der Waals surface area contributed by atoms with Gasteiger partial charge in [-0.1, -0.05) is 68.8 Å². The lowest BCUT2D eigenvalue weighted by atomic mass is 9.87. The summed E-state index contributed by atoms with van der Waals surface area (Å²) in [6.45, 7) is 8.77. The van der Waals surface area contributed by atoms with Crippen LogP contribution in [0.4, 0.5) is 13.2 Å². The largest absolute Gasteiger partial charge is 0.417 e. The minimum absolute atomic E-state index is 0.0773. The summed E-state index contributed by atoms with van der Waals surface area (Å²) in [7, 11) is 0. The first-order chi connectivity index (χ1) is 15.7. The zero-order valence-corrected chi connectivity index (χ0v) is 19.1. The van der Waals surface area contributed by atoms with Crippen molar-refractivity contribution in [1.82, 2.24) is 9.47 Å². The zero-order valence-electron chi connectivity index (χ0n) is 19.1. The third-order valence-corrected chi connectivity index (χ3v) is 6.16. The molecule has 3 rings (SSSR count). The number of hydrogen-bond acceptors (Lipinski definition) is 3. The van der Waals surface area contributed by atoms with Crippen LogP contribution in [0.3, 0.4) is 0 Å². The Morgan fingerprint density at radius 2 is 1.85 bits per heavy atom. The fraction of sp³-hybridized carbons (Fsp3) is 0.385. The van der Waals surface area contributed by atoms with Crippen LogP contribution in [0.25, 0.3) is 5.57 Å². The Balaban J connectivity index is 2.20. The van der Waals surface area contributed by atoms with Crippen LogP contribution in [0.15, 0.2) is 58.9 Å². The molecule has 2 aromatic rings. The Bertz CT molecular complexity index is 1150. The molecule has 0 radical (unpaired) electrons. The monoisotopic (exact) mass is 455 g/mol. The van der Waals surface area contributed by atoms with Crippen LogP contribution in [0, 0.1) is 17.2 Å².